The van der Waals surface area contributed by atoms with Crippen LogP contribution in [0.15, 0.2) is 36.4 Å². The Morgan fingerprint density at radius 1 is 1.05 bits per heavy atom. The molecule has 3 rings (SSSR count). The number of benzene rings is 2. The molecule has 0 saturated carbocycles. The molecule has 2 aromatic carbocycles. The molecule has 204 valence electrons. The third-order valence-corrected chi connectivity index (χ3v) is 6.97. The summed E-state index contributed by atoms with van der Waals surface area (Å²) in [5, 5.41) is 30.0. The van der Waals surface area contributed by atoms with Crippen molar-refractivity contribution in [1.29, 1.82) is 0 Å². The maximum Gasteiger partial charge on any atom is 0.167 e. The number of carbonyl (C=O) groups excluding carboxylic acids is 4. The fourth-order valence-electron chi connectivity index (χ4n) is 5.42. The Hall–Kier alpha value is -3.20. The molecule has 3 unspecified atom stereocenters. The van der Waals surface area contributed by atoms with Crippen molar-refractivity contribution in [3.8, 4) is 16.9 Å². The number of ketones is 4. The zero-order valence-electron chi connectivity index (χ0n) is 21.3. The Morgan fingerprint density at radius 3 is 2.41 bits per heavy atom. The molecular weight excluding hydrogens is 476 g/mol. The first-order valence-corrected chi connectivity index (χ1v) is 12.3. The van der Waals surface area contributed by atoms with Gasteiger partial charge in [0.25, 0.3) is 0 Å². The van der Waals surface area contributed by atoms with E-state index in [1.165, 1.54) is 19.9 Å². The van der Waals surface area contributed by atoms with Gasteiger partial charge in [-0.25, -0.2) is 0 Å². The molecule has 8 nitrogen and oxygen atoms in total. The second-order valence-corrected chi connectivity index (χ2v) is 9.90. The van der Waals surface area contributed by atoms with E-state index in [9.17, 15) is 34.5 Å². The predicted octanol–water partition coefficient (Wildman–Crippen LogP) is 3.15. The number of carbonyl (C=O) groups is 4. The number of hydrogen-bond acceptors (Lipinski definition) is 7. The fourth-order valence-corrected chi connectivity index (χ4v) is 5.42. The Labute approximate surface area is 219 Å². The summed E-state index contributed by atoms with van der Waals surface area (Å²) in [6.45, 7) is 2.25. The SMILES string of the molecule is CC(=O)CC(=O)C(CO)C(CCO)CC1CC(=O)c2c(O)ccc(-c3cccc(CC(C)=O)c3)c2C1.O.[HH].[HH]. The van der Waals surface area contributed by atoms with Crippen molar-refractivity contribution in [2.24, 2.45) is 17.8 Å². The van der Waals surface area contributed by atoms with Crippen molar-refractivity contribution >= 4 is 23.1 Å². The molecule has 0 heterocycles. The molecule has 37 heavy (non-hydrogen) atoms. The summed E-state index contributed by atoms with van der Waals surface area (Å²) >= 11 is 0. The molecule has 1 aliphatic carbocycles. The highest BCUT2D eigenvalue weighted by Gasteiger charge is 2.35. The number of aliphatic hydroxyl groups excluding tert-OH is 2. The van der Waals surface area contributed by atoms with E-state index < -0.39 is 12.5 Å². The van der Waals surface area contributed by atoms with Gasteiger partial charge < -0.3 is 20.8 Å². The van der Waals surface area contributed by atoms with Crippen LogP contribution in [0.3, 0.4) is 0 Å². The van der Waals surface area contributed by atoms with E-state index in [2.05, 4.69) is 0 Å². The molecule has 0 fully saturated rings. The van der Waals surface area contributed by atoms with E-state index >= 15 is 0 Å². The summed E-state index contributed by atoms with van der Waals surface area (Å²) < 4.78 is 0. The van der Waals surface area contributed by atoms with Crippen LogP contribution in [0.5, 0.6) is 5.75 Å². The first kappa shape index (κ1) is 30.0. The van der Waals surface area contributed by atoms with Gasteiger partial charge in [-0.1, -0.05) is 30.3 Å². The second-order valence-electron chi connectivity index (χ2n) is 9.90. The first-order valence-electron chi connectivity index (χ1n) is 12.3. The van der Waals surface area contributed by atoms with Crippen LogP contribution in [0.4, 0.5) is 0 Å². The lowest BCUT2D eigenvalue weighted by Crippen LogP contribution is -2.32. The largest absolute Gasteiger partial charge is 0.507 e. The monoisotopic (exact) mass is 516 g/mol. The van der Waals surface area contributed by atoms with Crippen LogP contribution >= 0.6 is 0 Å². The maximum atomic E-state index is 13.2. The standard InChI is InChI=1S/C29H34O7.H2O.2H2/c1-17(32)10-19-4-3-5-21(12-19)23-6-7-26(34)29-24(23)14-20(15-28(29)36)13-22(8-9-30)25(16-31)27(35)11-18(2)33;;;/h3-7,12,20,22,25,30-31,34H,8-11,13-16H2,1-2H3;1H2;2*1H. The highest BCUT2D eigenvalue weighted by atomic mass is 16.3. The average molecular weight is 517 g/mol. The highest BCUT2D eigenvalue weighted by molar-refractivity contribution is 6.03. The van der Waals surface area contributed by atoms with E-state index in [1.807, 2.05) is 24.3 Å². The van der Waals surface area contributed by atoms with E-state index in [-0.39, 0.29) is 74.9 Å². The topological polar surface area (TPSA) is 160 Å². The maximum absolute atomic E-state index is 13.2. The van der Waals surface area contributed by atoms with Crippen LogP contribution < -0.4 is 0 Å². The van der Waals surface area contributed by atoms with Crippen molar-refractivity contribution in [1.82, 2.24) is 0 Å². The molecular formula is C29H40O8. The predicted molar refractivity (Wildman–Crippen MR) is 143 cm³/mol. The lowest BCUT2D eigenvalue weighted by Gasteiger charge is -2.31. The zero-order valence-corrected chi connectivity index (χ0v) is 21.3. The number of aromatic hydroxyl groups is 1. The van der Waals surface area contributed by atoms with Crippen LogP contribution in [0.1, 0.15) is 63.9 Å². The molecule has 0 aliphatic heterocycles. The molecule has 2 aromatic rings. The molecule has 8 heteroatoms. The summed E-state index contributed by atoms with van der Waals surface area (Å²) in [5.74, 6) is -2.20. The smallest absolute Gasteiger partial charge is 0.167 e. The molecule has 5 N–H and O–H groups in total. The van der Waals surface area contributed by atoms with E-state index in [1.54, 1.807) is 6.07 Å². The van der Waals surface area contributed by atoms with Crippen molar-refractivity contribution in [2.75, 3.05) is 13.2 Å². The van der Waals surface area contributed by atoms with Crippen LogP contribution in [0.2, 0.25) is 0 Å². The van der Waals surface area contributed by atoms with E-state index in [4.69, 9.17) is 0 Å². The van der Waals surface area contributed by atoms with Gasteiger partial charge in [0, 0.05) is 28.2 Å². The van der Waals surface area contributed by atoms with Gasteiger partial charge in [-0.15, -0.1) is 0 Å². The van der Waals surface area contributed by atoms with Crippen LogP contribution in [-0.4, -0.2) is 57.1 Å². The normalized spacial score (nSPS) is 16.3. The van der Waals surface area contributed by atoms with Gasteiger partial charge in [0.1, 0.15) is 23.1 Å². The molecule has 3 atom stereocenters. The van der Waals surface area contributed by atoms with Gasteiger partial charge in [0.15, 0.2) is 5.78 Å². The average Bonchev–Trinajstić information content (AvgIpc) is 2.79. The lowest BCUT2D eigenvalue weighted by atomic mass is 9.72. The minimum Gasteiger partial charge on any atom is -0.507 e. The number of hydrogen-bond donors (Lipinski definition) is 3. The Morgan fingerprint density at radius 2 is 1.78 bits per heavy atom. The van der Waals surface area contributed by atoms with Crippen molar-refractivity contribution in [3.05, 3.63) is 53.1 Å². The molecule has 0 aromatic heterocycles. The van der Waals surface area contributed by atoms with Crippen molar-refractivity contribution < 1.29 is 42.8 Å². The second kappa shape index (κ2) is 13.4. The van der Waals surface area contributed by atoms with Crippen LogP contribution in [0, 0.1) is 17.8 Å². The van der Waals surface area contributed by atoms with Gasteiger partial charge in [0.2, 0.25) is 0 Å². The van der Waals surface area contributed by atoms with Crippen molar-refractivity contribution in [2.45, 2.75) is 52.4 Å². The summed E-state index contributed by atoms with van der Waals surface area (Å²) in [6.07, 6.45) is 1.37. The summed E-state index contributed by atoms with van der Waals surface area (Å²) in [4.78, 5) is 48.9. The fraction of sp³-hybridized carbons (Fsp3) is 0.448. The van der Waals surface area contributed by atoms with Gasteiger partial charge in [-0.05, 0) is 73.3 Å². The van der Waals surface area contributed by atoms with Gasteiger partial charge >= 0.3 is 0 Å². The number of rotatable bonds is 12. The van der Waals surface area contributed by atoms with Crippen LogP contribution in [-0.2, 0) is 27.2 Å². The third-order valence-electron chi connectivity index (χ3n) is 6.97. The van der Waals surface area contributed by atoms with E-state index in [0.717, 1.165) is 22.3 Å². The summed E-state index contributed by atoms with van der Waals surface area (Å²) in [7, 11) is 0. The van der Waals surface area contributed by atoms with E-state index in [0.29, 0.717) is 24.8 Å². The lowest BCUT2D eigenvalue weighted by molar-refractivity contribution is -0.131. The summed E-state index contributed by atoms with van der Waals surface area (Å²) in [6, 6.07) is 10.8. The summed E-state index contributed by atoms with van der Waals surface area (Å²) in [5.41, 5.74) is 3.52. The first-order chi connectivity index (χ1) is 17.1. The van der Waals surface area contributed by atoms with Gasteiger partial charge in [0.05, 0.1) is 18.6 Å². The van der Waals surface area contributed by atoms with Gasteiger partial charge in [-0.3, -0.25) is 19.2 Å². The molecule has 0 saturated heterocycles. The highest BCUT2D eigenvalue weighted by Crippen LogP contribution is 2.41. The Balaban J connectivity index is 0.00000481. The van der Waals surface area contributed by atoms with Gasteiger partial charge in [-0.2, -0.15) is 0 Å². The molecule has 0 spiro atoms. The molecule has 0 bridgehead atoms. The quantitative estimate of drug-likeness (QED) is 0.365. The zero-order chi connectivity index (χ0) is 26.4. The molecule has 1 aliphatic rings. The Kier molecular flexibility index (Phi) is 10.9. The number of phenolic OH excluding ortho intramolecular Hbond substituents is 1. The minimum absolute atomic E-state index is 0. The van der Waals surface area contributed by atoms with Crippen molar-refractivity contribution in [3.63, 3.8) is 0 Å². The number of aliphatic hydroxyl groups is 2. The number of Topliss-reactive ketones (excluding diaryl/α,β-unsaturated/α-hetero) is 4. The Bertz CT molecular complexity index is 1160. The number of fused-ring (bicyclic) bond motifs is 1. The minimum atomic E-state index is -0.788. The van der Waals surface area contributed by atoms with Crippen LogP contribution in [0.25, 0.3) is 11.1 Å². The number of phenols is 1. The molecule has 0 radical (unpaired) electrons. The third kappa shape index (κ3) is 7.41. The molecule has 0 amide bonds.